The maximum atomic E-state index is 5.50. The minimum absolute atomic E-state index is 0.430. The molecule has 1 N–H and O–H groups in total. The molecule has 4 fully saturated rings. The van der Waals surface area contributed by atoms with Crippen molar-refractivity contribution in [2.45, 2.75) is 77.2 Å². The van der Waals surface area contributed by atoms with Crippen LogP contribution in [0.3, 0.4) is 0 Å². The van der Waals surface area contributed by atoms with E-state index in [2.05, 4.69) is 52.5 Å². The van der Waals surface area contributed by atoms with Crippen molar-refractivity contribution in [2.75, 3.05) is 38.2 Å². The van der Waals surface area contributed by atoms with Gasteiger partial charge in [0, 0.05) is 40.7 Å². The molecule has 0 unspecified atom stereocenters. The molecule has 2 aromatic heterocycles. The van der Waals surface area contributed by atoms with Crippen LogP contribution in [0.4, 0.5) is 5.82 Å². The maximum absolute atomic E-state index is 5.50. The average Bonchev–Trinajstić information content (AvgIpc) is 3.66. The number of piperidine rings is 1. The Balaban J connectivity index is 1.05. The van der Waals surface area contributed by atoms with Crippen molar-refractivity contribution in [1.82, 2.24) is 20.1 Å². The predicted molar refractivity (Wildman–Crippen MR) is 135 cm³/mol. The summed E-state index contributed by atoms with van der Waals surface area (Å²) in [6.07, 6.45) is 12.0. The largest absolute Gasteiger partial charge is 0.380 e. The number of anilines is 1. The molecule has 0 atom stereocenters. The lowest BCUT2D eigenvalue weighted by molar-refractivity contribution is -0.141. The lowest BCUT2D eigenvalue weighted by Crippen LogP contribution is -2.52. The third-order valence-corrected chi connectivity index (χ3v) is 8.88. The van der Waals surface area contributed by atoms with E-state index in [0.29, 0.717) is 22.8 Å². The van der Waals surface area contributed by atoms with Gasteiger partial charge in [-0.2, -0.15) is 5.10 Å². The second-order valence-electron chi connectivity index (χ2n) is 12.0. The van der Waals surface area contributed by atoms with Gasteiger partial charge in [0.05, 0.1) is 25.1 Å². The maximum Gasteiger partial charge on any atom is 0.149 e. The first kappa shape index (κ1) is 22.4. The van der Waals surface area contributed by atoms with Crippen LogP contribution in [0.2, 0.25) is 0 Å². The summed E-state index contributed by atoms with van der Waals surface area (Å²) in [6, 6.07) is 6.97. The molecule has 0 aromatic carbocycles. The van der Waals surface area contributed by atoms with E-state index in [4.69, 9.17) is 9.72 Å². The van der Waals surface area contributed by atoms with Gasteiger partial charge >= 0.3 is 0 Å². The number of aryl methyl sites for hydroxylation is 1. The van der Waals surface area contributed by atoms with Crippen molar-refractivity contribution < 1.29 is 4.74 Å². The van der Waals surface area contributed by atoms with Crippen molar-refractivity contribution >= 4 is 5.82 Å². The second-order valence-corrected chi connectivity index (χ2v) is 12.0. The molecule has 4 aliphatic rings. The van der Waals surface area contributed by atoms with E-state index in [1.807, 2.05) is 6.20 Å². The second kappa shape index (κ2) is 8.87. The first-order valence-electron chi connectivity index (χ1n) is 13.4. The molecule has 2 aliphatic heterocycles. The Bertz CT molecular complexity index is 1010. The van der Waals surface area contributed by atoms with Crippen LogP contribution in [0.15, 0.2) is 24.4 Å². The summed E-state index contributed by atoms with van der Waals surface area (Å²) in [6.45, 7) is 10.3. The number of hydrogen-bond acceptors (Lipinski definition) is 6. The van der Waals surface area contributed by atoms with Gasteiger partial charge in [0.25, 0.3) is 0 Å². The van der Waals surface area contributed by atoms with Crippen LogP contribution in [0.5, 0.6) is 0 Å². The molecule has 2 aromatic rings. The van der Waals surface area contributed by atoms with Crippen LogP contribution >= 0.6 is 0 Å². The molecule has 0 amide bonds. The predicted octanol–water partition coefficient (Wildman–Crippen LogP) is 5.20. The lowest BCUT2D eigenvalue weighted by Gasteiger charge is -2.49. The average molecular weight is 462 g/mol. The van der Waals surface area contributed by atoms with E-state index in [1.54, 1.807) is 0 Å². The highest BCUT2D eigenvalue weighted by Gasteiger charge is 2.42. The number of aromatic nitrogens is 3. The topological polar surface area (TPSA) is 63.2 Å². The van der Waals surface area contributed by atoms with Crippen molar-refractivity contribution in [3.8, 4) is 11.1 Å². The molecular formula is C28H39N5O. The van der Waals surface area contributed by atoms with Gasteiger partial charge in [-0.3, -0.25) is 4.98 Å². The standard InChI is InChI=1S/C28H39N5O/c1-20-3-6-24(26(30-20)21-4-5-21)22-15-25(32-29-16-22)31-23-7-9-27(2,10-8-23)17-33-13-11-28(12-14-33)18-34-19-28/h3,6,15-16,21,23H,4-5,7-14,17-19H2,1-2H3,(H,31,32). The molecule has 2 aliphatic carbocycles. The van der Waals surface area contributed by atoms with E-state index < -0.39 is 0 Å². The number of rotatable bonds is 6. The summed E-state index contributed by atoms with van der Waals surface area (Å²) < 4.78 is 5.50. The van der Waals surface area contributed by atoms with Gasteiger partial charge in [-0.1, -0.05) is 13.0 Å². The first-order chi connectivity index (χ1) is 16.5. The number of likely N-dealkylation sites (tertiary alicyclic amines) is 1. The molecule has 34 heavy (non-hydrogen) atoms. The van der Waals surface area contributed by atoms with Gasteiger partial charge in [0.2, 0.25) is 0 Å². The quantitative estimate of drug-likeness (QED) is 0.638. The fraction of sp³-hybridized carbons (Fsp3) is 0.679. The van der Waals surface area contributed by atoms with E-state index in [1.165, 1.54) is 82.3 Å². The van der Waals surface area contributed by atoms with Gasteiger partial charge in [0.1, 0.15) is 5.82 Å². The van der Waals surface area contributed by atoms with Gasteiger partial charge in [0.15, 0.2) is 0 Å². The molecule has 2 saturated carbocycles. The minimum atomic E-state index is 0.430. The SMILES string of the molecule is Cc1ccc(-c2cnnc(NC3CCC(C)(CN4CCC5(CC4)COC5)CC3)c2)c(C2CC2)n1. The number of ether oxygens (including phenoxy) is 1. The molecule has 1 spiro atoms. The zero-order valence-corrected chi connectivity index (χ0v) is 20.9. The van der Waals surface area contributed by atoms with Gasteiger partial charge < -0.3 is 15.0 Å². The summed E-state index contributed by atoms with van der Waals surface area (Å²) in [5, 5.41) is 12.5. The molecule has 6 rings (SSSR count). The summed E-state index contributed by atoms with van der Waals surface area (Å²) in [7, 11) is 0. The molecule has 0 bridgehead atoms. The fourth-order valence-electron chi connectivity index (χ4n) is 6.30. The monoisotopic (exact) mass is 461 g/mol. The molecule has 0 radical (unpaired) electrons. The van der Waals surface area contributed by atoms with Crippen molar-refractivity contribution in [1.29, 1.82) is 0 Å². The molecule has 6 heteroatoms. The van der Waals surface area contributed by atoms with E-state index >= 15 is 0 Å². The van der Waals surface area contributed by atoms with Crippen molar-refractivity contribution in [3.63, 3.8) is 0 Å². The Morgan fingerprint density at radius 3 is 2.50 bits per heavy atom. The van der Waals surface area contributed by atoms with Crippen molar-refractivity contribution in [3.05, 3.63) is 35.8 Å². The van der Waals surface area contributed by atoms with Crippen LogP contribution in [0.1, 0.15) is 75.6 Å². The van der Waals surface area contributed by atoms with Crippen molar-refractivity contribution in [2.24, 2.45) is 10.8 Å². The number of pyridine rings is 1. The number of nitrogens with zero attached hydrogens (tertiary/aromatic N) is 4. The van der Waals surface area contributed by atoms with Crippen LogP contribution in [0, 0.1) is 17.8 Å². The molecule has 4 heterocycles. The van der Waals surface area contributed by atoms with Crippen LogP contribution in [-0.2, 0) is 4.74 Å². The van der Waals surface area contributed by atoms with Crippen LogP contribution < -0.4 is 5.32 Å². The van der Waals surface area contributed by atoms with Gasteiger partial charge in [-0.25, -0.2) is 0 Å². The summed E-state index contributed by atoms with van der Waals surface area (Å²) in [5.41, 5.74) is 5.64. The summed E-state index contributed by atoms with van der Waals surface area (Å²) in [5.74, 6) is 1.51. The highest BCUT2D eigenvalue weighted by atomic mass is 16.5. The van der Waals surface area contributed by atoms with E-state index in [-0.39, 0.29) is 0 Å². The third-order valence-electron chi connectivity index (χ3n) is 8.88. The Labute approximate surface area is 203 Å². The lowest BCUT2D eigenvalue weighted by atomic mass is 9.72. The number of hydrogen-bond donors (Lipinski definition) is 1. The smallest absolute Gasteiger partial charge is 0.149 e. The molecule has 182 valence electrons. The number of nitrogens with one attached hydrogen (secondary N) is 1. The van der Waals surface area contributed by atoms with Gasteiger partial charge in [-0.15, -0.1) is 5.10 Å². The van der Waals surface area contributed by atoms with Crippen LogP contribution in [0.25, 0.3) is 11.1 Å². The zero-order valence-electron chi connectivity index (χ0n) is 20.9. The Hall–Kier alpha value is -2.05. The Kier molecular flexibility index (Phi) is 5.85. The highest BCUT2D eigenvalue weighted by Crippen LogP contribution is 2.44. The van der Waals surface area contributed by atoms with E-state index in [9.17, 15) is 0 Å². The summed E-state index contributed by atoms with van der Waals surface area (Å²) >= 11 is 0. The minimum Gasteiger partial charge on any atom is -0.380 e. The Morgan fingerprint density at radius 1 is 1.06 bits per heavy atom. The van der Waals surface area contributed by atoms with E-state index in [0.717, 1.165) is 30.3 Å². The third kappa shape index (κ3) is 4.72. The molecule has 2 saturated heterocycles. The molecular weight excluding hydrogens is 422 g/mol. The highest BCUT2D eigenvalue weighted by molar-refractivity contribution is 5.68. The molecule has 6 nitrogen and oxygen atoms in total. The normalized spacial score (nSPS) is 29.1. The first-order valence-corrected chi connectivity index (χ1v) is 13.4. The Morgan fingerprint density at radius 2 is 1.82 bits per heavy atom. The fourth-order valence-corrected chi connectivity index (χ4v) is 6.30. The van der Waals surface area contributed by atoms with Gasteiger partial charge in [-0.05, 0) is 88.9 Å². The van der Waals surface area contributed by atoms with Crippen LogP contribution in [-0.4, -0.2) is 59.0 Å². The zero-order chi connectivity index (χ0) is 23.2. The summed E-state index contributed by atoms with van der Waals surface area (Å²) in [4.78, 5) is 7.58.